The number of rotatable bonds is 1. The van der Waals surface area contributed by atoms with E-state index in [0.29, 0.717) is 0 Å². The summed E-state index contributed by atoms with van der Waals surface area (Å²) in [4.78, 5) is 4.20. The molecule has 1 heterocycles. The van der Waals surface area contributed by atoms with Crippen LogP contribution in [0.25, 0.3) is 5.57 Å². The van der Waals surface area contributed by atoms with E-state index in [1.54, 1.807) is 11.8 Å². The number of hydrogen-bond acceptors (Lipinski definition) is 2. The van der Waals surface area contributed by atoms with Crippen molar-refractivity contribution in [2.45, 2.75) is 0 Å². The molecule has 1 nitrogen and oxygen atoms in total. The Labute approximate surface area is 76.2 Å². The molecule has 0 amide bonds. The Bertz CT molecular complexity index is 314. The summed E-state index contributed by atoms with van der Waals surface area (Å²) in [6.45, 7) is 0. The number of benzene rings is 1. The zero-order valence-corrected chi connectivity index (χ0v) is 7.42. The second-order valence-corrected chi connectivity index (χ2v) is 3.37. The summed E-state index contributed by atoms with van der Waals surface area (Å²) < 4.78 is 0. The van der Waals surface area contributed by atoms with Crippen LogP contribution in [0.1, 0.15) is 5.56 Å². The van der Waals surface area contributed by atoms with Crippen molar-refractivity contribution >= 4 is 23.5 Å². The van der Waals surface area contributed by atoms with Gasteiger partial charge in [-0.1, -0.05) is 30.3 Å². The van der Waals surface area contributed by atoms with E-state index in [-0.39, 0.29) is 0 Å². The number of allylic oxidation sites excluding steroid dienone is 1. The maximum atomic E-state index is 4.20. The van der Waals surface area contributed by atoms with E-state index in [2.05, 4.69) is 22.5 Å². The van der Waals surface area contributed by atoms with Crippen LogP contribution in [-0.4, -0.2) is 12.1 Å². The molecular formula is C10H9NS. The SMILES string of the molecule is C1=NCSC=C1c1ccccc1. The molecule has 1 aliphatic heterocycles. The number of nitrogens with zero attached hydrogens (tertiary/aromatic N) is 1. The highest BCUT2D eigenvalue weighted by Gasteiger charge is 1.99. The average Bonchev–Trinajstić information content (AvgIpc) is 2.21. The van der Waals surface area contributed by atoms with Crippen LogP contribution in [0.4, 0.5) is 0 Å². The van der Waals surface area contributed by atoms with Gasteiger partial charge in [0.25, 0.3) is 0 Å². The highest BCUT2D eigenvalue weighted by atomic mass is 32.2. The second-order valence-electron chi connectivity index (χ2n) is 2.55. The highest BCUT2D eigenvalue weighted by molar-refractivity contribution is 8.02. The van der Waals surface area contributed by atoms with Gasteiger partial charge in [-0.05, 0) is 11.0 Å². The minimum Gasteiger partial charge on any atom is -0.281 e. The average molecular weight is 175 g/mol. The number of hydrogen-bond donors (Lipinski definition) is 0. The van der Waals surface area contributed by atoms with E-state index in [1.807, 2.05) is 24.4 Å². The van der Waals surface area contributed by atoms with Crippen LogP contribution in [0.5, 0.6) is 0 Å². The molecule has 0 saturated carbocycles. The van der Waals surface area contributed by atoms with E-state index in [9.17, 15) is 0 Å². The van der Waals surface area contributed by atoms with Crippen molar-refractivity contribution in [2.24, 2.45) is 4.99 Å². The third-order valence-corrected chi connectivity index (χ3v) is 2.42. The predicted molar refractivity (Wildman–Crippen MR) is 55.4 cm³/mol. The maximum Gasteiger partial charge on any atom is 0.0884 e. The van der Waals surface area contributed by atoms with E-state index < -0.39 is 0 Å². The van der Waals surface area contributed by atoms with Crippen LogP contribution in [-0.2, 0) is 0 Å². The Morgan fingerprint density at radius 2 is 2.00 bits per heavy atom. The first-order chi connectivity index (χ1) is 5.97. The van der Waals surface area contributed by atoms with Crippen molar-refractivity contribution in [1.29, 1.82) is 0 Å². The van der Waals surface area contributed by atoms with Crippen molar-refractivity contribution < 1.29 is 0 Å². The Morgan fingerprint density at radius 1 is 1.17 bits per heavy atom. The van der Waals surface area contributed by atoms with Crippen LogP contribution in [0.3, 0.4) is 0 Å². The highest BCUT2D eigenvalue weighted by Crippen LogP contribution is 2.20. The fourth-order valence-corrected chi connectivity index (χ4v) is 1.72. The molecule has 2 rings (SSSR count). The van der Waals surface area contributed by atoms with E-state index in [4.69, 9.17) is 0 Å². The first-order valence-electron chi connectivity index (χ1n) is 3.84. The molecule has 0 unspecified atom stereocenters. The minimum atomic E-state index is 0.857. The van der Waals surface area contributed by atoms with Crippen molar-refractivity contribution in [3.63, 3.8) is 0 Å². The number of thioether (sulfide) groups is 1. The second kappa shape index (κ2) is 3.59. The zero-order valence-electron chi connectivity index (χ0n) is 6.60. The lowest BCUT2D eigenvalue weighted by Gasteiger charge is -2.04. The predicted octanol–water partition coefficient (Wildman–Crippen LogP) is 2.80. The summed E-state index contributed by atoms with van der Waals surface area (Å²) in [6.07, 6.45) is 1.94. The Kier molecular flexibility index (Phi) is 2.28. The quantitative estimate of drug-likeness (QED) is 0.639. The number of aliphatic imine (C=N–C) groups is 1. The smallest absolute Gasteiger partial charge is 0.0884 e. The topological polar surface area (TPSA) is 12.4 Å². The molecular weight excluding hydrogens is 166 g/mol. The minimum absolute atomic E-state index is 0.857. The van der Waals surface area contributed by atoms with Crippen LogP contribution in [0, 0.1) is 0 Å². The van der Waals surface area contributed by atoms with E-state index in [0.717, 1.165) is 5.88 Å². The standard InChI is InChI=1S/C10H9NS/c1-2-4-9(5-3-1)10-6-11-8-12-7-10/h1-7H,8H2. The molecule has 1 aromatic rings. The van der Waals surface area contributed by atoms with Gasteiger partial charge < -0.3 is 0 Å². The molecule has 1 aromatic carbocycles. The molecule has 0 aliphatic carbocycles. The molecule has 1 aliphatic rings. The lowest BCUT2D eigenvalue weighted by molar-refractivity contribution is 1.40. The summed E-state index contributed by atoms with van der Waals surface area (Å²) >= 11 is 1.74. The lowest BCUT2D eigenvalue weighted by atomic mass is 10.1. The van der Waals surface area contributed by atoms with Gasteiger partial charge in [0.2, 0.25) is 0 Å². The molecule has 60 valence electrons. The summed E-state index contributed by atoms with van der Waals surface area (Å²) in [5.74, 6) is 0.857. The Hall–Kier alpha value is -1.02. The van der Waals surface area contributed by atoms with Gasteiger partial charge in [0.05, 0.1) is 5.88 Å². The zero-order chi connectivity index (χ0) is 8.23. The molecule has 0 N–H and O–H groups in total. The molecule has 0 atom stereocenters. The van der Waals surface area contributed by atoms with Gasteiger partial charge in [-0.25, -0.2) is 0 Å². The van der Waals surface area contributed by atoms with Gasteiger partial charge in [0, 0.05) is 11.8 Å². The van der Waals surface area contributed by atoms with Crippen LogP contribution in [0.2, 0.25) is 0 Å². The van der Waals surface area contributed by atoms with E-state index in [1.165, 1.54) is 11.1 Å². The van der Waals surface area contributed by atoms with Gasteiger partial charge in [-0.2, -0.15) is 0 Å². The molecule has 0 spiro atoms. The molecule has 0 saturated heterocycles. The molecule has 12 heavy (non-hydrogen) atoms. The molecule has 0 aromatic heterocycles. The molecule has 2 heteroatoms. The van der Waals surface area contributed by atoms with Gasteiger partial charge in [0.15, 0.2) is 0 Å². The fraction of sp³-hybridized carbons (Fsp3) is 0.100. The van der Waals surface area contributed by atoms with Gasteiger partial charge in [0.1, 0.15) is 0 Å². The first-order valence-corrected chi connectivity index (χ1v) is 4.89. The Balaban J connectivity index is 2.31. The van der Waals surface area contributed by atoms with Gasteiger partial charge >= 0.3 is 0 Å². The maximum absolute atomic E-state index is 4.20. The molecule has 0 radical (unpaired) electrons. The third kappa shape index (κ3) is 1.59. The van der Waals surface area contributed by atoms with Gasteiger partial charge in [-0.3, -0.25) is 4.99 Å². The molecule has 0 bridgehead atoms. The fourth-order valence-electron chi connectivity index (χ4n) is 1.11. The van der Waals surface area contributed by atoms with Crippen LogP contribution in [0.15, 0.2) is 40.7 Å². The van der Waals surface area contributed by atoms with E-state index >= 15 is 0 Å². The Morgan fingerprint density at radius 3 is 2.67 bits per heavy atom. The van der Waals surface area contributed by atoms with Crippen molar-refractivity contribution in [2.75, 3.05) is 5.88 Å². The lowest BCUT2D eigenvalue weighted by Crippen LogP contribution is -1.89. The van der Waals surface area contributed by atoms with Crippen LogP contribution < -0.4 is 0 Å². The van der Waals surface area contributed by atoms with Crippen molar-refractivity contribution in [3.8, 4) is 0 Å². The normalized spacial score (nSPS) is 15.8. The van der Waals surface area contributed by atoms with Crippen LogP contribution >= 0.6 is 11.8 Å². The van der Waals surface area contributed by atoms with Crippen molar-refractivity contribution in [3.05, 3.63) is 41.3 Å². The first kappa shape index (κ1) is 7.62. The summed E-state index contributed by atoms with van der Waals surface area (Å²) in [6, 6.07) is 10.3. The molecule has 0 fully saturated rings. The van der Waals surface area contributed by atoms with Crippen molar-refractivity contribution in [1.82, 2.24) is 0 Å². The summed E-state index contributed by atoms with van der Waals surface area (Å²) in [7, 11) is 0. The van der Waals surface area contributed by atoms with Gasteiger partial charge in [-0.15, -0.1) is 11.8 Å². The largest absolute Gasteiger partial charge is 0.281 e. The summed E-state index contributed by atoms with van der Waals surface area (Å²) in [5.41, 5.74) is 2.46. The summed E-state index contributed by atoms with van der Waals surface area (Å²) in [5, 5.41) is 2.16. The monoisotopic (exact) mass is 175 g/mol. The third-order valence-electron chi connectivity index (χ3n) is 1.70.